The van der Waals surface area contributed by atoms with Crippen LogP contribution in [-0.2, 0) is 22.6 Å². The number of carbonyl (C=O) groups is 2. The summed E-state index contributed by atoms with van der Waals surface area (Å²) in [4.78, 5) is 25.0. The minimum atomic E-state index is -0.379. The zero-order valence-electron chi connectivity index (χ0n) is 20.0. The highest BCUT2D eigenvalue weighted by atomic mass is 32.2. The SMILES string of the molecule is C=CCn1c(SCC(=O)Nc2ccc(OC)cc2)nnc1C(C)NC(=O)Cc1ccc(OC)cc1. The van der Waals surface area contributed by atoms with Gasteiger partial charge in [-0.3, -0.25) is 9.59 Å². The quantitative estimate of drug-likeness (QED) is 0.292. The van der Waals surface area contributed by atoms with E-state index in [9.17, 15) is 9.59 Å². The third-order valence-corrected chi connectivity index (χ3v) is 6.02. The summed E-state index contributed by atoms with van der Waals surface area (Å²) < 4.78 is 12.1. The first-order valence-electron chi connectivity index (χ1n) is 11.0. The second-order valence-electron chi connectivity index (χ2n) is 7.62. The van der Waals surface area contributed by atoms with Crippen molar-refractivity contribution in [3.63, 3.8) is 0 Å². The maximum atomic E-state index is 12.6. The number of hydrogen-bond donors (Lipinski definition) is 2. The molecule has 0 saturated heterocycles. The van der Waals surface area contributed by atoms with Crippen LogP contribution in [-0.4, -0.2) is 46.6 Å². The highest BCUT2D eigenvalue weighted by Crippen LogP contribution is 2.22. The van der Waals surface area contributed by atoms with E-state index in [1.165, 1.54) is 11.8 Å². The molecule has 10 heteroatoms. The smallest absolute Gasteiger partial charge is 0.234 e. The molecule has 0 fully saturated rings. The number of amides is 2. The molecular formula is C25H29N5O4S. The van der Waals surface area contributed by atoms with Crippen molar-refractivity contribution in [1.29, 1.82) is 0 Å². The van der Waals surface area contributed by atoms with E-state index in [4.69, 9.17) is 9.47 Å². The number of ether oxygens (including phenoxy) is 2. The fraction of sp³-hybridized carbons (Fsp3) is 0.280. The van der Waals surface area contributed by atoms with Gasteiger partial charge >= 0.3 is 0 Å². The average Bonchev–Trinajstić information content (AvgIpc) is 3.26. The first kappa shape index (κ1) is 25.8. The Labute approximate surface area is 208 Å². The van der Waals surface area contributed by atoms with Crippen molar-refractivity contribution in [3.05, 3.63) is 72.6 Å². The second-order valence-corrected chi connectivity index (χ2v) is 8.56. The van der Waals surface area contributed by atoms with Gasteiger partial charge in [0.25, 0.3) is 0 Å². The van der Waals surface area contributed by atoms with Crippen LogP contribution in [0.2, 0.25) is 0 Å². The maximum absolute atomic E-state index is 12.6. The Balaban J connectivity index is 1.59. The molecule has 0 aliphatic carbocycles. The van der Waals surface area contributed by atoms with Crippen LogP contribution in [0, 0.1) is 0 Å². The fourth-order valence-corrected chi connectivity index (χ4v) is 4.07. The molecule has 0 spiro atoms. The molecule has 0 bridgehead atoms. The number of hydrogen-bond acceptors (Lipinski definition) is 7. The van der Waals surface area contributed by atoms with E-state index in [0.717, 1.165) is 11.3 Å². The lowest BCUT2D eigenvalue weighted by Crippen LogP contribution is -2.30. The molecular weight excluding hydrogens is 466 g/mol. The molecule has 2 aromatic carbocycles. The topological polar surface area (TPSA) is 107 Å². The first-order valence-corrected chi connectivity index (χ1v) is 11.9. The minimum absolute atomic E-state index is 0.135. The summed E-state index contributed by atoms with van der Waals surface area (Å²) in [6.45, 7) is 6.10. The van der Waals surface area contributed by atoms with Crippen molar-refractivity contribution in [2.45, 2.75) is 31.1 Å². The number of carbonyl (C=O) groups excluding carboxylic acids is 2. The Morgan fingerprint density at radius 1 is 1.03 bits per heavy atom. The first-order chi connectivity index (χ1) is 16.9. The zero-order valence-corrected chi connectivity index (χ0v) is 20.8. The van der Waals surface area contributed by atoms with Gasteiger partial charge in [-0.15, -0.1) is 16.8 Å². The lowest BCUT2D eigenvalue weighted by molar-refractivity contribution is -0.121. The third-order valence-electron chi connectivity index (χ3n) is 5.05. The molecule has 0 aliphatic rings. The Morgan fingerprint density at radius 3 is 2.26 bits per heavy atom. The Bertz CT molecular complexity index is 1150. The minimum Gasteiger partial charge on any atom is -0.497 e. The monoisotopic (exact) mass is 495 g/mol. The summed E-state index contributed by atoms with van der Waals surface area (Å²) in [5, 5.41) is 14.9. The highest BCUT2D eigenvalue weighted by molar-refractivity contribution is 7.99. The average molecular weight is 496 g/mol. The van der Waals surface area contributed by atoms with Crippen molar-refractivity contribution in [3.8, 4) is 11.5 Å². The van der Waals surface area contributed by atoms with E-state index in [0.29, 0.717) is 29.0 Å². The molecule has 35 heavy (non-hydrogen) atoms. The molecule has 2 amide bonds. The molecule has 0 saturated carbocycles. The lowest BCUT2D eigenvalue weighted by Gasteiger charge is -2.15. The van der Waals surface area contributed by atoms with Crippen LogP contribution in [0.5, 0.6) is 11.5 Å². The van der Waals surface area contributed by atoms with Crippen molar-refractivity contribution in [2.24, 2.45) is 0 Å². The fourth-order valence-electron chi connectivity index (χ4n) is 3.32. The van der Waals surface area contributed by atoms with E-state index in [1.54, 1.807) is 44.6 Å². The second kappa shape index (κ2) is 12.6. The van der Waals surface area contributed by atoms with Gasteiger partial charge in [0, 0.05) is 12.2 Å². The number of rotatable bonds is 12. The summed E-state index contributed by atoms with van der Waals surface area (Å²) in [7, 11) is 3.19. The lowest BCUT2D eigenvalue weighted by atomic mass is 10.1. The van der Waals surface area contributed by atoms with Crippen LogP contribution >= 0.6 is 11.8 Å². The molecule has 1 unspecified atom stereocenters. The van der Waals surface area contributed by atoms with Crippen LogP contribution in [0.4, 0.5) is 5.69 Å². The van der Waals surface area contributed by atoms with Crippen LogP contribution in [0.25, 0.3) is 0 Å². The van der Waals surface area contributed by atoms with Gasteiger partial charge in [0.15, 0.2) is 11.0 Å². The van der Waals surface area contributed by atoms with Gasteiger partial charge in [0.2, 0.25) is 11.8 Å². The van der Waals surface area contributed by atoms with E-state index < -0.39 is 0 Å². The van der Waals surface area contributed by atoms with E-state index in [-0.39, 0.29) is 30.0 Å². The predicted molar refractivity (Wildman–Crippen MR) is 136 cm³/mol. The number of aromatic nitrogens is 3. The number of methoxy groups -OCH3 is 2. The molecule has 184 valence electrons. The van der Waals surface area contributed by atoms with Gasteiger partial charge in [-0.1, -0.05) is 30.0 Å². The van der Waals surface area contributed by atoms with Gasteiger partial charge < -0.3 is 24.7 Å². The number of nitrogens with zero attached hydrogens (tertiary/aromatic N) is 3. The number of anilines is 1. The largest absolute Gasteiger partial charge is 0.497 e. The van der Waals surface area contributed by atoms with Crippen LogP contribution < -0.4 is 20.1 Å². The zero-order chi connectivity index (χ0) is 25.2. The van der Waals surface area contributed by atoms with E-state index in [2.05, 4.69) is 27.4 Å². The number of nitrogens with one attached hydrogen (secondary N) is 2. The molecule has 3 aromatic rings. The van der Waals surface area contributed by atoms with Gasteiger partial charge in [0.1, 0.15) is 11.5 Å². The third kappa shape index (κ3) is 7.35. The summed E-state index contributed by atoms with van der Waals surface area (Å²) in [5.74, 6) is 1.89. The van der Waals surface area contributed by atoms with E-state index >= 15 is 0 Å². The predicted octanol–water partition coefficient (Wildman–Crippen LogP) is 3.63. The molecule has 1 atom stereocenters. The Morgan fingerprint density at radius 2 is 1.66 bits per heavy atom. The van der Waals surface area contributed by atoms with Crippen LogP contribution in [0.15, 0.2) is 66.3 Å². The summed E-state index contributed by atoms with van der Waals surface area (Å²) in [5.41, 5.74) is 1.56. The van der Waals surface area contributed by atoms with Gasteiger partial charge in [-0.25, -0.2) is 0 Å². The molecule has 0 aliphatic heterocycles. The molecule has 2 N–H and O–H groups in total. The summed E-state index contributed by atoms with van der Waals surface area (Å²) >= 11 is 1.27. The van der Waals surface area contributed by atoms with Crippen molar-refractivity contribution in [1.82, 2.24) is 20.1 Å². The van der Waals surface area contributed by atoms with Crippen LogP contribution in [0.1, 0.15) is 24.4 Å². The molecule has 3 rings (SSSR count). The van der Waals surface area contributed by atoms with Gasteiger partial charge in [-0.2, -0.15) is 0 Å². The van der Waals surface area contributed by atoms with E-state index in [1.807, 2.05) is 35.8 Å². The van der Waals surface area contributed by atoms with Crippen molar-refractivity contribution < 1.29 is 19.1 Å². The maximum Gasteiger partial charge on any atom is 0.234 e. The van der Waals surface area contributed by atoms with Crippen molar-refractivity contribution in [2.75, 3.05) is 25.3 Å². The highest BCUT2D eigenvalue weighted by Gasteiger charge is 2.20. The molecule has 1 heterocycles. The van der Waals surface area contributed by atoms with Gasteiger partial charge in [-0.05, 0) is 48.9 Å². The van der Waals surface area contributed by atoms with Crippen LogP contribution in [0.3, 0.4) is 0 Å². The normalized spacial score (nSPS) is 11.4. The Hall–Kier alpha value is -3.79. The molecule has 9 nitrogen and oxygen atoms in total. The summed E-state index contributed by atoms with van der Waals surface area (Å²) in [6.07, 6.45) is 1.96. The molecule has 0 radical (unpaired) electrons. The Kier molecular flexibility index (Phi) is 9.31. The molecule has 1 aromatic heterocycles. The van der Waals surface area contributed by atoms with Crippen molar-refractivity contribution >= 4 is 29.3 Å². The summed E-state index contributed by atoms with van der Waals surface area (Å²) in [6, 6.07) is 14.1. The number of benzene rings is 2. The van der Waals surface area contributed by atoms with Gasteiger partial charge in [0.05, 0.1) is 32.4 Å². The standard InChI is InChI=1S/C25H29N5O4S/c1-5-14-30-24(17(2)26-22(31)15-18-6-10-20(33-3)11-7-18)28-29-25(30)35-16-23(32)27-19-8-12-21(34-4)13-9-19/h5-13,17H,1,14-16H2,2-4H3,(H,26,31)(H,27,32). The number of allylic oxidation sites excluding steroid dienone is 1. The number of thioether (sulfide) groups is 1.